The molecule has 0 saturated heterocycles. The van der Waals surface area contributed by atoms with Crippen molar-refractivity contribution in [2.24, 2.45) is 0 Å². The van der Waals surface area contributed by atoms with Gasteiger partial charge in [0.25, 0.3) is 0 Å². The molecule has 8 aromatic carbocycles. The largest absolute Gasteiger partial charge is 0.309 e. The molecule has 0 N–H and O–H groups in total. The third-order valence-electron chi connectivity index (χ3n) is 10.5. The molecule has 0 bridgehead atoms. The minimum Gasteiger partial charge on any atom is -0.309 e. The van der Waals surface area contributed by atoms with Gasteiger partial charge in [0.2, 0.25) is 0 Å². The van der Waals surface area contributed by atoms with Crippen LogP contribution >= 0.6 is 0 Å². The van der Waals surface area contributed by atoms with Crippen LogP contribution in [-0.4, -0.2) is 19.1 Å². The van der Waals surface area contributed by atoms with Crippen molar-refractivity contribution in [3.05, 3.63) is 182 Å². The van der Waals surface area contributed by atoms with Crippen LogP contribution in [0.15, 0.2) is 182 Å². The van der Waals surface area contributed by atoms with Gasteiger partial charge in [-0.25, -0.2) is 9.97 Å². The summed E-state index contributed by atoms with van der Waals surface area (Å²) >= 11 is 0. The van der Waals surface area contributed by atoms with Gasteiger partial charge in [-0.2, -0.15) is 0 Å². The van der Waals surface area contributed by atoms with Gasteiger partial charge in [-0.1, -0.05) is 127 Å². The van der Waals surface area contributed by atoms with Gasteiger partial charge in [0, 0.05) is 49.4 Å². The summed E-state index contributed by atoms with van der Waals surface area (Å²) in [6.07, 6.45) is 0. The quantitative estimate of drug-likeness (QED) is 0.188. The second-order valence-corrected chi connectivity index (χ2v) is 13.4. The van der Waals surface area contributed by atoms with E-state index in [1.807, 2.05) is 30.3 Å². The van der Waals surface area contributed by atoms with E-state index in [1.54, 1.807) is 0 Å². The van der Waals surface area contributed by atoms with Gasteiger partial charge in [-0.15, -0.1) is 0 Å². The fraction of sp³-hybridized carbons (Fsp3) is 0. The first kappa shape index (κ1) is 28.8. The number of fused-ring (bicyclic) bond motifs is 10. The summed E-state index contributed by atoms with van der Waals surface area (Å²) in [5.41, 5.74) is 12.7. The van der Waals surface area contributed by atoms with E-state index in [0.717, 1.165) is 44.9 Å². The fourth-order valence-electron chi connectivity index (χ4n) is 8.22. The van der Waals surface area contributed by atoms with Gasteiger partial charge in [0.05, 0.1) is 44.5 Å². The maximum atomic E-state index is 5.16. The normalized spacial score (nSPS) is 11.8. The predicted molar refractivity (Wildman–Crippen MR) is 217 cm³/mol. The standard InChI is InChI=1S/C48H30N4/c1-3-13-31(14-4-1)46-47(50-41-20-10-9-19-40(41)49-46)32-23-25-34(26-24-32)52-42-21-11-7-17-35(42)37-28-27-36-38(48(37)52)29-30-44-45(36)39-18-8-12-22-43(39)51(44)33-15-5-2-6-16-33/h1-30H. The molecule has 11 rings (SSSR count). The molecule has 4 nitrogen and oxygen atoms in total. The smallest absolute Gasteiger partial charge is 0.0973 e. The highest BCUT2D eigenvalue weighted by Gasteiger charge is 2.20. The van der Waals surface area contributed by atoms with Crippen molar-refractivity contribution in [1.29, 1.82) is 0 Å². The second kappa shape index (κ2) is 11.2. The second-order valence-electron chi connectivity index (χ2n) is 13.4. The number of benzene rings is 8. The first-order chi connectivity index (χ1) is 25.8. The van der Waals surface area contributed by atoms with E-state index in [9.17, 15) is 0 Å². The zero-order chi connectivity index (χ0) is 34.2. The number of nitrogens with zero attached hydrogens (tertiary/aromatic N) is 4. The molecule has 0 spiro atoms. The van der Waals surface area contributed by atoms with Gasteiger partial charge in [0.15, 0.2) is 0 Å². The summed E-state index contributed by atoms with van der Waals surface area (Å²) in [5, 5.41) is 7.48. The molecule has 3 aromatic heterocycles. The van der Waals surface area contributed by atoms with Gasteiger partial charge in [-0.3, -0.25) is 0 Å². The molecule has 0 saturated carbocycles. The molecule has 0 amide bonds. The van der Waals surface area contributed by atoms with E-state index in [4.69, 9.17) is 9.97 Å². The Morgan fingerprint density at radius 2 is 0.808 bits per heavy atom. The van der Waals surface area contributed by atoms with Gasteiger partial charge in [-0.05, 0) is 60.0 Å². The van der Waals surface area contributed by atoms with Crippen LogP contribution in [0.25, 0.3) is 99.3 Å². The average molecular weight is 663 g/mol. The van der Waals surface area contributed by atoms with Crippen LogP contribution in [0.5, 0.6) is 0 Å². The number of para-hydroxylation sites is 5. The van der Waals surface area contributed by atoms with Gasteiger partial charge in [0.1, 0.15) is 0 Å². The van der Waals surface area contributed by atoms with Crippen LogP contribution in [-0.2, 0) is 0 Å². The summed E-state index contributed by atoms with van der Waals surface area (Å²) in [4.78, 5) is 10.3. The van der Waals surface area contributed by atoms with Crippen molar-refractivity contribution in [2.45, 2.75) is 0 Å². The molecule has 11 aromatic rings. The Balaban J connectivity index is 1.16. The predicted octanol–water partition coefficient (Wildman–Crippen LogP) is 12.3. The Hall–Kier alpha value is -7.04. The Labute approximate surface area is 299 Å². The van der Waals surface area contributed by atoms with Crippen molar-refractivity contribution in [3.63, 3.8) is 0 Å². The fourth-order valence-corrected chi connectivity index (χ4v) is 8.22. The lowest BCUT2D eigenvalue weighted by molar-refractivity contribution is 1.18. The zero-order valence-electron chi connectivity index (χ0n) is 28.1. The highest BCUT2D eigenvalue weighted by Crippen LogP contribution is 2.42. The maximum Gasteiger partial charge on any atom is 0.0973 e. The van der Waals surface area contributed by atoms with E-state index >= 15 is 0 Å². The summed E-state index contributed by atoms with van der Waals surface area (Å²) in [6, 6.07) is 64.7. The third-order valence-corrected chi connectivity index (χ3v) is 10.5. The maximum absolute atomic E-state index is 5.16. The Morgan fingerprint density at radius 3 is 1.52 bits per heavy atom. The first-order valence-corrected chi connectivity index (χ1v) is 17.7. The zero-order valence-corrected chi connectivity index (χ0v) is 28.1. The van der Waals surface area contributed by atoms with Gasteiger partial charge < -0.3 is 9.13 Å². The van der Waals surface area contributed by atoms with Crippen LogP contribution in [0.2, 0.25) is 0 Å². The third kappa shape index (κ3) is 4.21. The summed E-state index contributed by atoms with van der Waals surface area (Å²) in [6.45, 7) is 0. The lowest BCUT2D eigenvalue weighted by Crippen LogP contribution is -1.97. The van der Waals surface area contributed by atoms with Crippen LogP contribution in [0.1, 0.15) is 0 Å². The summed E-state index contributed by atoms with van der Waals surface area (Å²) in [5.74, 6) is 0. The molecule has 0 fully saturated rings. The molecule has 0 atom stereocenters. The molecule has 0 aliphatic heterocycles. The van der Waals surface area contributed by atoms with E-state index in [2.05, 4.69) is 161 Å². The van der Waals surface area contributed by atoms with Crippen LogP contribution < -0.4 is 0 Å². The van der Waals surface area contributed by atoms with E-state index in [1.165, 1.54) is 54.4 Å². The minimum atomic E-state index is 0.876. The molecule has 52 heavy (non-hydrogen) atoms. The molecule has 4 heteroatoms. The summed E-state index contributed by atoms with van der Waals surface area (Å²) in [7, 11) is 0. The number of hydrogen-bond donors (Lipinski definition) is 0. The number of aromatic nitrogens is 4. The van der Waals surface area contributed by atoms with Gasteiger partial charge >= 0.3 is 0 Å². The minimum absolute atomic E-state index is 0.876. The molecule has 242 valence electrons. The topological polar surface area (TPSA) is 35.6 Å². The average Bonchev–Trinajstić information content (AvgIpc) is 3.74. The van der Waals surface area contributed by atoms with Crippen LogP contribution in [0.4, 0.5) is 0 Å². The highest BCUT2D eigenvalue weighted by atomic mass is 15.0. The SMILES string of the molecule is c1ccc(-c2nc3ccccc3nc2-c2ccc(-n3c4ccccc4c4ccc5c(ccc6c5c5ccccc5n6-c5ccccc5)c43)cc2)cc1. The monoisotopic (exact) mass is 662 g/mol. The van der Waals surface area contributed by atoms with Crippen molar-refractivity contribution < 1.29 is 0 Å². The van der Waals surface area contributed by atoms with Crippen molar-refractivity contribution in [1.82, 2.24) is 19.1 Å². The van der Waals surface area contributed by atoms with Crippen molar-refractivity contribution >= 4 is 65.4 Å². The molecular weight excluding hydrogens is 633 g/mol. The molecule has 0 aliphatic carbocycles. The molecule has 0 unspecified atom stereocenters. The number of rotatable bonds is 4. The first-order valence-electron chi connectivity index (χ1n) is 17.7. The lowest BCUT2D eigenvalue weighted by atomic mass is 10.0. The Morgan fingerprint density at radius 1 is 0.308 bits per heavy atom. The van der Waals surface area contributed by atoms with E-state index in [-0.39, 0.29) is 0 Å². The van der Waals surface area contributed by atoms with E-state index < -0.39 is 0 Å². The van der Waals surface area contributed by atoms with Crippen molar-refractivity contribution in [3.8, 4) is 33.9 Å². The van der Waals surface area contributed by atoms with E-state index in [0.29, 0.717) is 0 Å². The molecule has 0 radical (unpaired) electrons. The molecule has 3 heterocycles. The molecule has 0 aliphatic rings. The van der Waals surface area contributed by atoms with Crippen molar-refractivity contribution in [2.75, 3.05) is 0 Å². The Bertz CT molecular complexity index is 3160. The highest BCUT2D eigenvalue weighted by molar-refractivity contribution is 6.28. The van der Waals surface area contributed by atoms with Crippen LogP contribution in [0.3, 0.4) is 0 Å². The lowest BCUT2D eigenvalue weighted by Gasteiger charge is -2.13. The summed E-state index contributed by atoms with van der Waals surface area (Å²) < 4.78 is 4.82. The Kier molecular flexibility index (Phi) is 6.22. The molecular formula is C48H30N4. The van der Waals surface area contributed by atoms with Crippen LogP contribution in [0, 0.1) is 0 Å². The number of hydrogen-bond acceptors (Lipinski definition) is 2.